The number of amides is 1. The van der Waals surface area contributed by atoms with Gasteiger partial charge in [-0.1, -0.05) is 30.3 Å². The smallest absolute Gasteiger partial charge is 0.242 e. The lowest BCUT2D eigenvalue weighted by Gasteiger charge is -2.46. The van der Waals surface area contributed by atoms with Crippen LogP contribution in [-0.4, -0.2) is 34.6 Å². The second kappa shape index (κ2) is 6.13. The van der Waals surface area contributed by atoms with Crippen molar-refractivity contribution >= 4 is 5.91 Å². The molecule has 0 spiro atoms. The molecule has 0 radical (unpaired) electrons. The van der Waals surface area contributed by atoms with Crippen molar-refractivity contribution in [3.63, 3.8) is 0 Å². The summed E-state index contributed by atoms with van der Waals surface area (Å²) in [6, 6.07) is 10.3. The normalized spacial score (nSPS) is 19.2. The first-order valence-corrected chi connectivity index (χ1v) is 7.39. The number of nitrogens with one attached hydrogen (secondary N) is 1. The number of nitrogens with zero attached hydrogens (tertiary/aromatic N) is 1. The maximum Gasteiger partial charge on any atom is 0.242 e. The Kier molecular flexibility index (Phi) is 4.66. The zero-order chi connectivity index (χ0) is 15.5. The van der Waals surface area contributed by atoms with Gasteiger partial charge in [-0.3, -0.25) is 15.1 Å². The van der Waals surface area contributed by atoms with Gasteiger partial charge in [-0.25, -0.2) is 5.84 Å². The van der Waals surface area contributed by atoms with Crippen LogP contribution in [0.15, 0.2) is 30.3 Å². The zero-order valence-electron chi connectivity index (χ0n) is 12.8. The number of nitrogens with two attached hydrogens (primary N) is 1. The van der Waals surface area contributed by atoms with E-state index in [1.54, 1.807) is 13.8 Å². The van der Waals surface area contributed by atoms with Gasteiger partial charge in [0.05, 0.1) is 11.0 Å². The third kappa shape index (κ3) is 3.26. The number of carbonyl (C=O) groups excluding carboxylic acids is 1. The maximum absolute atomic E-state index is 11.9. The molecule has 0 saturated carbocycles. The highest BCUT2D eigenvalue weighted by molar-refractivity contribution is 5.82. The Balaban J connectivity index is 1.97. The van der Waals surface area contributed by atoms with Gasteiger partial charge in [0.1, 0.15) is 0 Å². The van der Waals surface area contributed by atoms with Crippen LogP contribution in [0.2, 0.25) is 0 Å². The summed E-state index contributed by atoms with van der Waals surface area (Å²) < 4.78 is 0. The first kappa shape index (κ1) is 15.9. The van der Waals surface area contributed by atoms with Gasteiger partial charge < -0.3 is 5.11 Å². The Morgan fingerprint density at radius 1 is 1.33 bits per heavy atom. The van der Waals surface area contributed by atoms with E-state index in [1.807, 2.05) is 18.2 Å². The molecule has 0 bridgehead atoms. The standard InChI is InChI=1S/C16H25N3O2/c1-15(2,14(20)18-17)16(21)8-10-19(11-9-16)12-13-6-4-3-5-7-13/h3-7,21H,8-12,17H2,1-2H3,(H,18,20). The average Bonchev–Trinajstić information content (AvgIpc) is 2.49. The summed E-state index contributed by atoms with van der Waals surface area (Å²) in [6.45, 7) is 5.92. The first-order chi connectivity index (χ1) is 9.89. The number of rotatable bonds is 4. The lowest BCUT2D eigenvalue weighted by molar-refractivity contribution is -0.154. The fraction of sp³-hybridized carbons (Fsp3) is 0.562. The molecule has 5 heteroatoms. The Bertz CT molecular complexity index is 480. The van der Waals surface area contributed by atoms with Crippen molar-refractivity contribution < 1.29 is 9.90 Å². The molecule has 0 atom stereocenters. The highest BCUT2D eigenvalue weighted by atomic mass is 16.3. The Hall–Kier alpha value is -1.43. The summed E-state index contributed by atoms with van der Waals surface area (Å²) in [6.07, 6.45) is 1.14. The summed E-state index contributed by atoms with van der Waals surface area (Å²) >= 11 is 0. The number of hydrogen-bond acceptors (Lipinski definition) is 4. The number of piperidine rings is 1. The molecule has 1 aliphatic rings. The molecule has 4 N–H and O–H groups in total. The second-order valence-electron chi connectivity index (χ2n) is 6.39. The molecule has 116 valence electrons. The fourth-order valence-corrected chi connectivity index (χ4v) is 2.94. The molecule has 1 fully saturated rings. The Morgan fingerprint density at radius 3 is 2.43 bits per heavy atom. The van der Waals surface area contributed by atoms with Crippen LogP contribution in [0.4, 0.5) is 0 Å². The van der Waals surface area contributed by atoms with Crippen molar-refractivity contribution in [1.29, 1.82) is 0 Å². The average molecular weight is 291 g/mol. The van der Waals surface area contributed by atoms with E-state index in [4.69, 9.17) is 5.84 Å². The van der Waals surface area contributed by atoms with Gasteiger partial charge >= 0.3 is 0 Å². The van der Waals surface area contributed by atoms with Gasteiger partial charge in [-0.15, -0.1) is 0 Å². The van der Waals surface area contributed by atoms with Gasteiger partial charge in [0.25, 0.3) is 0 Å². The maximum atomic E-state index is 11.9. The van der Waals surface area contributed by atoms with Gasteiger partial charge in [0.2, 0.25) is 5.91 Å². The van der Waals surface area contributed by atoms with Crippen LogP contribution in [0.1, 0.15) is 32.3 Å². The predicted molar refractivity (Wildman–Crippen MR) is 82.0 cm³/mol. The first-order valence-electron chi connectivity index (χ1n) is 7.39. The van der Waals surface area contributed by atoms with E-state index in [9.17, 15) is 9.90 Å². The Morgan fingerprint density at radius 2 is 1.90 bits per heavy atom. The zero-order valence-corrected chi connectivity index (χ0v) is 12.8. The number of benzene rings is 1. The second-order valence-corrected chi connectivity index (χ2v) is 6.39. The molecule has 1 heterocycles. The van der Waals surface area contributed by atoms with Crippen molar-refractivity contribution in [2.45, 2.75) is 38.8 Å². The van der Waals surface area contributed by atoms with Crippen molar-refractivity contribution in [1.82, 2.24) is 10.3 Å². The minimum Gasteiger partial charge on any atom is -0.389 e. The fourth-order valence-electron chi connectivity index (χ4n) is 2.94. The topological polar surface area (TPSA) is 78.6 Å². The molecule has 1 aromatic carbocycles. The van der Waals surface area contributed by atoms with E-state index in [1.165, 1.54) is 5.56 Å². The van der Waals surface area contributed by atoms with Crippen molar-refractivity contribution in [2.24, 2.45) is 11.3 Å². The van der Waals surface area contributed by atoms with Gasteiger partial charge in [-0.05, 0) is 32.3 Å². The lowest BCUT2D eigenvalue weighted by atomic mass is 9.69. The molecule has 5 nitrogen and oxygen atoms in total. The minimum atomic E-state index is -1.01. The van der Waals surface area contributed by atoms with Crippen LogP contribution in [0.3, 0.4) is 0 Å². The van der Waals surface area contributed by atoms with Crippen LogP contribution in [-0.2, 0) is 11.3 Å². The highest BCUT2D eigenvalue weighted by Gasteiger charge is 2.49. The summed E-state index contributed by atoms with van der Waals surface area (Å²) in [5.74, 6) is 4.91. The molecule has 21 heavy (non-hydrogen) atoms. The highest BCUT2D eigenvalue weighted by Crippen LogP contribution is 2.39. The largest absolute Gasteiger partial charge is 0.389 e. The molecular weight excluding hydrogens is 266 g/mol. The summed E-state index contributed by atoms with van der Waals surface area (Å²) in [7, 11) is 0. The van der Waals surface area contributed by atoms with Crippen LogP contribution < -0.4 is 11.3 Å². The monoisotopic (exact) mass is 291 g/mol. The van der Waals surface area contributed by atoms with Gasteiger partial charge in [0.15, 0.2) is 0 Å². The van der Waals surface area contributed by atoms with Crippen molar-refractivity contribution in [3.05, 3.63) is 35.9 Å². The van der Waals surface area contributed by atoms with E-state index in [0.29, 0.717) is 12.8 Å². The molecule has 0 aliphatic carbocycles. The van der Waals surface area contributed by atoms with E-state index in [-0.39, 0.29) is 5.91 Å². The Labute approximate surface area is 126 Å². The summed E-state index contributed by atoms with van der Waals surface area (Å²) in [4.78, 5) is 14.2. The van der Waals surface area contributed by atoms with E-state index >= 15 is 0 Å². The third-order valence-electron chi connectivity index (χ3n) is 4.79. The third-order valence-corrected chi connectivity index (χ3v) is 4.79. The number of aliphatic hydroxyl groups is 1. The quantitative estimate of drug-likeness (QED) is 0.440. The van der Waals surface area contributed by atoms with Crippen molar-refractivity contribution in [3.8, 4) is 0 Å². The number of likely N-dealkylation sites (tertiary alicyclic amines) is 1. The van der Waals surface area contributed by atoms with Crippen LogP contribution in [0.25, 0.3) is 0 Å². The predicted octanol–water partition coefficient (Wildman–Crippen LogP) is 1.03. The van der Waals surface area contributed by atoms with E-state index in [0.717, 1.165) is 19.6 Å². The van der Waals surface area contributed by atoms with Gasteiger partial charge in [0, 0.05) is 19.6 Å². The van der Waals surface area contributed by atoms with Gasteiger partial charge in [-0.2, -0.15) is 0 Å². The summed E-state index contributed by atoms with van der Waals surface area (Å²) in [5, 5.41) is 10.8. The molecule has 1 aromatic rings. The van der Waals surface area contributed by atoms with Crippen LogP contribution in [0, 0.1) is 5.41 Å². The van der Waals surface area contributed by atoms with Crippen LogP contribution >= 0.6 is 0 Å². The number of carbonyl (C=O) groups is 1. The molecular formula is C16H25N3O2. The molecule has 1 amide bonds. The van der Waals surface area contributed by atoms with Crippen molar-refractivity contribution in [2.75, 3.05) is 13.1 Å². The van der Waals surface area contributed by atoms with E-state index < -0.39 is 11.0 Å². The number of hydrazine groups is 1. The van der Waals surface area contributed by atoms with E-state index in [2.05, 4.69) is 22.5 Å². The molecule has 0 aromatic heterocycles. The lowest BCUT2D eigenvalue weighted by Crippen LogP contribution is -2.59. The molecule has 2 rings (SSSR count). The SMILES string of the molecule is CC(C)(C(=O)NN)C1(O)CCN(Cc2ccccc2)CC1. The molecule has 1 saturated heterocycles. The minimum absolute atomic E-state index is 0.318. The van der Waals surface area contributed by atoms with Crippen LogP contribution in [0.5, 0.6) is 0 Å². The molecule has 1 aliphatic heterocycles. The summed E-state index contributed by atoms with van der Waals surface area (Å²) in [5.41, 5.74) is 1.53. The molecule has 0 unspecified atom stereocenters. The number of hydrogen-bond donors (Lipinski definition) is 3.